The van der Waals surface area contributed by atoms with E-state index in [-0.39, 0.29) is 0 Å². The number of nitrogens with zero attached hydrogens (tertiary/aromatic N) is 3. The summed E-state index contributed by atoms with van der Waals surface area (Å²) in [6.45, 7) is 4.84. The topological polar surface area (TPSA) is 38.2 Å². The third kappa shape index (κ3) is 3.04. The molecule has 4 nitrogen and oxygen atoms in total. The molecule has 16 heavy (non-hydrogen) atoms. The fraction of sp³-hybridized carbons (Fsp3) is 0.636. The molecule has 0 radical (unpaired) electrons. The summed E-state index contributed by atoms with van der Waals surface area (Å²) in [7, 11) is 0. The lowest BCUT2D eigenvalue weighted by atomic mass is 10.2. The van der Waals surface area contributed by atoms with Crippen LogP contribution in [0.25, 0.3) is 0 Å². The van der Waals surface area contributed by atoms with E-state index in [2.05, 4.69) is 44.4 Å². The van der Waals surface area contributed by atoms with Crippen LogP contribution in [-0.4, -0.2) is 35.8 Å². The van der Waals surface area contributed by atoms with Gasteiger partial charge in [0.05, 0.1) is 6.10 Å². The van der Waals surface area contributed by atoms with Crippen molar-refractivity contribution in [3.05, 3.63) is 16.0 Å². The van der Waals surface area contributed by atoms with Gasteiger partial charge in [-0.15, -0.1) is 0 Å². The molecule has 0 bridgehead atoms. The molecule has 0 aliphatic carbocycles. The van der Waals surface area contributed by atoms with Crippen LogP contribution in [0.15, 0.2) is 12.4 Å². The van der Waals surface area contributed by atoms with Crippen molar-refractivity contribution in [1.29, 1.82) is 0 Å². The summed E-state index contributed by atoms with van der Waals surface area (Å²) in [5.41, 5.74) is 0. The molecule has 2 heterocycles. The van der Waals surface area contributed by atoms with Gasteiger partial charge in [0.1, 0.15) is 0 Å². The van der Waals surface area contributed by atoms with Gasteiger partial charge in [0.2, 0.25) is 5.95 Å². The lowest BCUT2D eigenvalue weighted by molar-refractivity contribution is 0.115. The van der Waals surface area contributed by atoms with Crippen molar-refractivity contribution >= 4 is 28.5 Å². The van der Waals surface area contributed by atoms with Crippen LogP contribution in [-0.2, 0) is 4.74 Å². The average Bonchev–Trinajstić information content (AvgIpc) is 2.80. The first-order valence-corrected chi connectivity index (χ1v) is 6.71. The molecule has 1 atom stereocenters. The van der Waals surface area contributed by atoms with E-state index in [1.54, 1.807) is 0 Å². The summed E-state index contributed by atoms with van der Waals surface area (Å²) in [4.78, 5) is 10.9. The number of aromatic nitrogens is 2. The van der Waals surface area contributed by atoms with Gasteiger partial charge in [0.15, 0.2) is 0 Å². The molecule has 88 valence electrons. The van der Waals surface area contributed by atoms with Crippen LogP contribution in [0.2, 0.25) is 0 Å². The van der Waals surface area contributed by atoms with E-state index in [9.17, 15) is 0 Å². The molecule has 1 saturated heterocycles. The monoisotopic (exact) mass is 333 g/mol. The number of anilines is 1. The Balaban J connectivity index is 2.00. The Kier molecular flexibility index (Phi) is 4.34. The van der Waals surface area contributed by atoms with Crippen LogP contribution < -0.4 is 4.90 Å². The summed E-state index contributed by atoms with van der Waals surface area (Å²) in [5, 5.41) is 0. The minimum absolute atomic E-state index is 0.350. The van der Waals surface area contributed by atoms with Gasteiger partial charge in [0, 0.05) is 35.7 Å². The molecular formula is C11H16IN3O. The van der Waals surface area contributed by atoms with Gasteiger partial charge in [-0.1, -0.05) is 0 Å². The predicted octanol–water partition coefficient (Wildman–Crippen LogP) is 2.09. The van der Waals surface area contributed by atoms with Crippen LogP contribution in [0, 0.1) is 3.57 Å². The van der Waals surface area contributed by atoms with Gasteiger partial charge in [0.25, 0.3) is 0 Å². The molecule has 1 unspecified atom stereocenters. The van der Waals surface area contributed by atoms with Crippen LogP contribution in [0.5, 0.6) is 0 Å². The highest BCUT2D eigenvalue weighted by Gasteiger charge is 2.19. The van der Waals surface area contributed by atoms with Crippen molar-refractivity contribution in [3.8, 4) is 0 Å². The Morgan fingerprint density at radius 3 is 2.81 bits per heavy atom. The molecule has 2 rings (SSSR count). The fourth-order valence-electron chi connectivity index (χ4n) is 1.86. The van der Waals surface area contributed by atoms with Gasteiger partial charge in [-0.2, -0.15) is 0 Å². The zero-order valence-corrected chi connectivity index (χ0v) is 11.6. The van der Waals surface area contributed by atoms with E-state index in [0.717, 1.165) is 35.6 Å². The van der Waals surface area contributed by atoms with E-state index >= 15 is 0 Å². The third-order valence-electron chi connectivity index (χ3n) is 2.72. The molecule has 1 fully saturated rings. The highest BCUT2D eigenvalue weighted by molar-refractivity contribution is 14.1. The number of rotatable bonds is 4. The summed E-state index contributed by atoms with van der Waals surface area (Å²) >= 11 is 2.21. The molecule has 0 amide bonds. The number of likely N-dealkylation sites (N-methyl/N-ethyl adjacent to an activating group) is 1. The van der Waals surface area contributed by atoms with Crippen LogP contribution in [0.3, 0.4) is 0 Å². The maximum Gasteiger partial charge on any atom is 0.225 e. The number of hydrogen-bond donors (Lipinski definition) is 0. The van der Waals surface area contributed by atoms with E-state index < -0.39 is 0 Å². The molecule has 1 aliphatic rings. The summed E-state index contributed by atoms with van der Waals surface area (Å²) in [5.74, 6) is 0.804. The van der Waals surface area contributed by atoms with E-state index in [4.69, 9.17) is 4.74 Å². The Morgan fingerprint density at radius 1 is 1.50 bits per heavy atom. The molecule has 0 saturated carbocycles. The van der Waals surface area contributed by atoms with Gasteiger partial charge < -0.3 is 9.64 Å². The molecule has 0 aromatic carbocycles. The first kappa shape index (κ1) is 12.0. The number of ether oxygens (including phenoxy) is 1. The molecule has 0 N–H and O–H groups in total. The molecule has 0 spiro atoms. The predicted molar refractivity (Wildman–Crippen MR) is 71.6 cm³/mol. The van der Waals surface area contributed by atoms with Gasteiger partial charge in [-0.3, -0.25) is 0 Å². The normalized spacial score (nSPS) is 20.0. The lowest BCUT2D eigenvalue weighted by Crippen LogP contribution is -2.33. The van der Waals surface area contributed by atoms with E-state index in [0.29, 0.717) is 6.10 Å². The lowest BCUT2D eigenvalue weighted by Gasteiger charge is -2.23. The minimum atomic E-state index is 0.350. The van der Waals surface area contributed by atoms with Crippen LogP contribution in [0.4, 0.5) is 5.95 Å². The van der Waals surface area contributed by atoms with Gasteiger partial charge in [-0.05, 0) is 42.4 Å². The molecular weight excluding hydrogens is 317 g/mol. The Labute approximate surface area is 110 Å². The van der Waals surface area contributed by atoms with Crippen molar-refractivity contribution in [2.75, 3.05) is 24.6 Å². The van der Waals surface area contributed by atoms with Crippen molar-refractivity contribution in [1.82, 2.24) is 9.97 Å². The maximum atomic E-state index is 5.63. The second-order valence-corrected chi connectivity index (χ2v) is 5.12. The number of halogens is 1. The summed E-state index contributed by atoms with van der Waals surface area (Å²) in [6, 6.07) is 0. The highest BCUT2D eigenvalue weighted by atomic mass is 127. The first-order valence-electron chi connectivity index (χ1n) is 5.63. The second kappa shape index (κ2) is 5.77. The molecule has 5 heteroatoms. The Hall–Kier alpha value is -0.430. The Morgan fingerprint density at radius 2 is 2.25 bits per heavy atom. The zero-order valence-electron chi connectivity index (χ0n) is 9.40. The molecule has 1 aliphatic heterocycles. The van der Waals surface area contributed by atoms with Crippen molar-refractivity contribution in [3.63, 3.8) is 0 Å². The van der Waals surface area contributed by atoms with Crippen molar-refractivity contribution in [2.24, 2.45) is 0 Å². The van der Waals surface area contributed by atoms with Crippen LogP contribution in [0.1, 0.15) is 19.8 Å². The number of hydrogen-bond acceptors (Lipinski definition) is 4. The van der Waals surface area contributed by atoms with Gasteiger partial charge >= 0.3 is 0 Å². The first-order chi connectivity index (χ1) is 7.79. The third-order valence-corrected chi connectivity index (χ3v) is 3.28. The highest BCUT2D eigenvalue weighted by Crippen LogP contribution is 2.16. The summed E-state index contributed by atoms with van der Waals surface area (Å²) < 4.78 is 6.70. The largest absolute Gasteiger partial charge is 0.376 e. The fourth-order valence-corrected chi connectivity index (χ4v) is 2.13. The standard InChI is InChI=1S/C11H16IN3O/c1-2-15(8-10-4-3-5-16-10)11-13-6-9(12)7-14-11/h6-7,10H,2-5,8H2,1H3. The second-order valence-electron chi connectivity index (χ2n) is 3.87. The zero-order chi connectivity index (χ0) is 11.4. The van der Waals surface area contributed by atoms with E-state index in [1.807, 2.05) is 12.4 Å². The Bertz CT molecular complexity index is 325. The SMILES string of the molecule is CCN(CC1CCCO1)c1ncc(I)cn1. The minimum Gasteiger partial charge on any atom is -0.376 e. The molecule has 1 aromatic rings. The maximum absolute atomic E-state index is 5.63. The quantitative estimate of drug-likeness (QED) is 0.791. The smallest absolute Gasteiger partial charge is 0.225 e. The van der Waals surface area contributed by atoms with Gasteiger partial charge in [-0.25, -0.2) is 9.97 Å². The van der Waals surface area contributed by atoms with Crippen molar-refractivity contribution in [2.45, 2.75) is 25.9 Å². The van der Waals surface area contributed by atoms with E-state index in [1.165, 1.54) is 6.42 Å². The van der Waals surface area contributed by atoms with Crippen LogP contribution >= 0.6 is 22.6 Å². The van der Waals surface area contributed by atoms with Crippen molar-refractivity contribution < 1.29 is 4.74 Å². The summed E-state index contributed by atoms with van der Waals surface area (Å²) in [6.07, 6.45) is 6.38. The average molecular weight is 333 g/mol. The molecule has 1 aromatic heterocycles.